The molecule has 2 aliphatic rings. The molecule has 4 rings (SSSR count). The van der Waals surface area contributed by atoms with Gasteiger partial charge in [-0.2, -0.15) is 0 Å². The Morgan fingerprint density at radius 1 is 0.923 bits per heavy atom. The van der Waals surface area contributed by atoms with Crippen molar-refractivity contribution in [3.63, 3.8) is 0 Å². The van der Waals surface area contributed by atoms with Crippen molar-refractivity contribution >= 4 is 24.1 Å². The average Bonchev–Trinajstić information content (AvgIpc) is 3.07. The minimum atomic E-state index is -0.0346. The number of rotatable bonds is 2. The normalized spacial score (nSPS) is 21.7. The number of nitrogens with zero attached hydrogens (tertiary/aromatic N) is 1. The number of nitrogens with two attached hydrogens (primary N) is 1. The van der Waals surface area contributed by atoms with Crippen LogP contribution >= 0.6 is 12.4 Å². The maximum atomic E-state index is 12.5. The van der Waals surface area contributed by atoms with Gasteiger partial charge in [0.05, 0.1) is 0 Å². The molecule has 4 nitrogen and oxygen atoms in total. The number of urea groups is 1. The Kier molecular flexibility index (Phi) is 5.84. The number of hydrogen-bond donors (Lipinski definition) is 2. The van der Waals surface area contributed by atoms with Crippen LogP contribution in [0.15, 0.2) is 48.5 Å². The summed E-state index contributed by atoms with van der Waals surface area (Å²) < 4.78 is 0. The number of anilines is 1. The zero-order valence-electron chi connectivity index (χ0n) is 14.9. The standard InChI is InChI=1S/C21H25N3O.ClH/c22-19-9-5-15(6-10-19)16-7-11-20(12-8-16)23-21(25)24-13-17-3-1-2-4-18(17)14-24;/h1-4,7-8,11-12,15,19H,5-6,9-10,13-14,22H2,(H,23,25);1H. The molecule has 1 fully saturated rings. The summed E-state index contributed by atoms with van der Waals surface area (Å²) in [5.41, 5.74) is 10.7. The summed E-state index contributed by atoms with van der Waals surface area (Å²) in [7, 11) is 0. The summed E-state index contributed by atoms with van der Waals surface area (Å²) in [4.78, 5) is 14.4. The van der Waals surface area contributed by atoms with Gasteiger partial charge in [-0.1, -0.05) is 36.4 Å². The second-order valence-electron chi connectivity index (χ2n) is 7.29. The Balaban J connectivity index is 0.00000196. The second kappa shape index (κ2) is 8.11. The minimum absolute atomic E-state index is 0. The predicted molar refractivity (Wildman–Crippen MR) is 108 cm³/mol. The van der Waals surface area contributed by atoms with Crippen LogP contribution in [0.25, 0.3) is 0 Å². The van der Waals surface area contributed by atoms with Crippen molar-refractivity contribution in [1.29, 1.82) is 0 Å². The second-order valence-corrected chi connectivity index (χ2v) is 7.29. The van der Waals surface area contributed by atoms with Gasteiger partial charge in [0.15, 0.2) is 0 Å². The maximum absolute atomic E-state index is 12.5. The molecule has 1 aliphatic carbocycles. The highest BCUT2D eigenvalue weighted by Gasteiger charge is 2.23. The van der Waals surface area contributed by atoms with Gasteiger partial charge in [-0.15, -0.1) is 12.4 Å². The lowest BCUT2D eigenvalue weighted by Crippen LogP contribution is -2.30. The van der Waals surface area contributed by atoms with E-state index in [0.717, 1.165) is 18.5 Å². The number of halogens is 1. The van der Waals surface area contributed by atoms with Crippen LogP contribution in [0.4, 0.5) is 10.5 Å². The van der Waals surface area contributed by atoms with Gasteiger partial charge in [0.25, 0.3) is 0 Å². The van der Waals surface area contributed by atoms with E-state index in [-0.39, 0.29) is 18.4 Å². The van der Waals surface area contributed by atoms with E-state index in [0.29, 0.717) is 25.0 Å². The van der Waals surface area contributed by atoms with Crippen molar-refractivity contribution in [2.24, 2.45) is 5.73 Å². The fourth-order valence-electron chi connectivity index (χ4n) is 3.97. The molecule has 2 aromatic carbocycles. The van der Waals surface area contributed by atoms with E-state index < -0.39 is 0 Å². The first-order valence-corrected chi connectivity index (χ1v) is 9.17. The van der Waals surface area contributed by atoms with E-state index in [1.807, 2.05) is 29.2 Å². The Morgan fingerprint density at radius 3 is 2.08 bits per heavy atom. The van der Waals surface area contributed by atoms with E-state index >= 15 is 0 Å². The van der Waals surface area contributed by atoms with Crippen LogP contribution in [0, 0.1) is 0 Å². The van der Waals surface area contributed by atoms with Crippen molar-refractivity contribution in [3.05, 3.63) is 65.2 Å². The van der Waals surface area contributed by atoms with Gasteiger partial charge in [-0.05, 0) is 60.4 Å². The molecule has 2 amide bonds. The van der Waals surface area contributed by atoms with Crippen LogP contribution in [-0.2, 0) is 13.1 Å². The van der Waals surface area contributed by atoms with Gasteiger partial charge in [-0.25, -0.2) is 4.79 Å². The first-order chi connectivity index (χ1) is 12.2. The SMILES string of the molecule is Cl.NC1CCC(c2ccc(NC(=O)N3Cc4ccccc4C3)cc2)CC1. The van der Waals surface area contributed by atoms with Crippen LogP contribution in [0.2, 0.25) is 0 Å². The number of benzene rings is 2. The number of nitrogens with one attached hydrogen (secondary N) is 1. The third-order valence-corrected chi connectivity index (χ3v) is 5.53. The van der Waals surface area contributed by atoms with Crippen LogP contribution in [-0.4, -0.2) is 17.0 Å². The van der Waals surface area contributed by atoms with Gasteiger partial charge in [-0.3, -0.25) is 0 Å². The van der Waals surface area contributed by atoms with E-state index in [4.69, 9.17) is 5.73 Å². The quantitative estimate of drug-likeness (QED) is 0.807. The van der Waals surface area contributed by atoms with Crippen molar-refractivity contribution in [2.45, 2.75) is 50.7 Å². The molecule has 0 aromatic heterocycles. The molecule has 2 aromatic rings. The van der Waals surface area contributed by atoms with Gasteiger partial charge in [0.2, 0.25) is 0 Å². The Morgan fingerprint density at radius 2 is 1.50 bits per heavy atom. The van der Waals surface area contributed by atoms with Gasteiger partial charge >= 0.3 is 6.03 Å². The van der Waals surface area contributed by atoms with Crippen LogP contribution in [0.1, 0.15) is 48.3 Å². The Bertz CT molecular complexity index is 729. The maximum Gasteiger partial charge on any atom is 0.322 e. The lowest BCUT2D eigenvalue weighted by atomic mass is 9.82. The molecule has 1 heterocycles. The average molecular weight is 372 g/mol. The first-order valence-electron chi connectivity index (χ1n) is 9.17. The molecule has 0 spiro atoms. The largest absolute Gasteiger partial charge is 0.328 e. The molecule has 0 bridgehead atoms. The number of carbonyl (C=O) groups is 1. The van der Waals surface area contributed by atoms with Crippen molar-refractivity contribution in [3.8, 4) is 0 Å². The lowest BCUT2D eigenvalue weighted by molar-refractivity contribution is 0.212. The molecule has 5 heteroatoms. The molecule has 3 N–H and O–H groups in total. The van der Waals surface area contributed by atoms with Gasteiger partial charge in [0.1, 0.15) is 0 Å². The summed E-state index contributed by atoms with van der Waals surface area (Å²) in [5, 5.41) is 3.02. The van der Waals surface area contributed by atoms with E-state index in [2.05, 4.69) is 29.6 Å². The zero-order valence-corrected chi connectivity index (χ0v) is 15.7. The van der Waals surface area contributed by atoms with Crippen molar-refractivity contribution in [1.82, 2.24) is 4.90 Å². The van der Waals surface area contributed by atoms with Crippen molar-refractivity contribution < 1.29 is 4.79 Å². The zero-order chi connectivity index (χ0) is 17.2. The summed E-state index contributed by atoms with van der Waals surface area (Å²) >= 11 is 0. The summed E-state index contributed by atoms with van der Waals surface area (Å²) in [6.45, 7) is 1.37. The summed E-state index contributed by atoms with van der Waals surface area (Å²) in [5.74, 6) is 0.609. The molecule has 0 radical (unpaired) electrons. The third kappa shape index (κ3) is 4.02. The van der Waals surface area contributed by atoms with Gasteiger partial charge < -0.3 is 16.0 Å². The van der Waals surface area contributed by atoms with E-state index in [9.17, 15) is 4.79 Å². The molecule has 1 aliphatic heterocycles. The van der Waals surface area contributed by atoms with E-state index in [1.165, 1.54) is 29.5 Å². The molecule has 1 saturated carbocycles. The fourth-order valence-corrected chi connectivity index (χ4v) is 3.97. The number of carbonyl (C=O) groups excluding carboxylic acids is 1. The molecular weight excluding hydrogens is 346 g/mol. The molecule has 26 heavy (non-hydrogen) atoms. The number of fused-ring (bicyclic) bond motifs is 1. The highest BCUT2D eigenvalue weighted by molar-refractivity contribution is 5.89. The Hall–Kier alpha value is -2.04. The topological polar surface area (TPSA) is 58.4 Å². The molecule has 0 saturated heterocycles. The monoisotopic (exact) mass is 371 g/mol. The van der Waals surface area contributed by atoms with Gasteiger partial charge in [0, 0.05) is 24.8 Å². The fraction of sp³-hybridized carbons (Fsp3) is 0.381. The summed E-state index contributed by atoms with van der Waals surface area (Å²) in [6, 6.07) is 16.9. The summed E-state index contributed by atoms with van der Waals surface area (Å²) in [6.07, 6.45) is 4.55. The smallest absolute Gasteiger partial charge is 0.322 e. The van der Waals surface area contributed by atoms with E-state index in [1.54, 1.807) is 0 Å². The molecule has 0 atom stereocenters. The molecule has 138 valence electrons. The van der Waals surface area contributed by atoms with Crippen LogP contribution < -0.4 is 11.1 Å². The Labute approximate surface area is 161 Å². The number of amides is 2. The predicted octanol–water partition coefficient (Wildman–Crippen LogP) is 4.64. The lowest BCUT2D eigenvalue weighted by Gasteiger charge is -2.26. The highest BCUT2D eigenvalue weighted by atomic mass is 35.5. The minimum Gasteiger partial charge on any atom is -0.328 e. The highest BCUT2D eigenvalue weighted by Crippen LogP contribution is 2.32. The van der Waals surface area contributed by atoms with Crippen LogP contribution in [0.3, 0.4) is 0 Å². The van der Waals surface area contributed by atoms with Crippen LogP contribution in [0.5, 0.6) is 0 Å². The third-order valence-electron chi connectivity index (χ3n) is 5.53. The number of hydrogen-bond acceptors (Lipinski definition) is 2. The first kappa shape index (κ1) is 18.7. The molecular formula is C21H26ClN3O. The van der Waals surface area contributed by atoms with Crippen molar-refractivity contribution in [2.75, 3.05) is 5.32 Å². The molecule has 0 unspecified atom stereocenters.